The standard InChI is InChI=1S/C23H27NO4/c1-25-19-8-7-14-10-15(11-16-6-5-9-24-16)17-12-20(26-2)21(27-3)13-18(17)22(14)23(19)28-4/h7-8,10,12-13,16,24H,5-6,9,11H2,1-4H3. The van der Waals surface area contributed by atoms with Crippen LogP contribution in [0.2, 0.25) is 0 Å². The van der Waals surface area contributed by atoms with Gasteiger partial charge in [-0.25, -0.2) is 0 Å². The van der Waals surface area contributed by atoms with Crippen LogP contribution in [0.3, 0.4) is 0 Å². The second kappa shape index (κ2) is 7.76. The van der Waals surface area contributed by atoms with Crippen molar-refractivity contribution in [3.8, 4) is 23.0 Å². The molecule has 5 heteroatoms. The van der Waals surface area contributed by atoms with Gasteiger partial charge in [-0.05, 0) is 65.7 Å². The number of nitrogens with one attached hydrogen (secondary N) is 1. The van der Waals surface area contributed by atoms with Crippen molar-refractivity contribution in [1.29, 1.82) is 0 Å². The second-order valence-corrected chi connectivity index (χ2v) is 7.19. The summed E-state index contributed by atoms with van der Waals surface area (Å²) in [6, 6.07) is 11.0. The van der Waals surface area contributed by atoms with Crippen molar-refractivity contribution in [2.75, 3.05) is 35.0 Å². The van der Waals surface area contributed by atoms with Gasteiger partial charge in [0, 0.05) is 11.4 Å². The van der Waals surface area contributed by atoms with Gasteiger partial charge in [0.15, 0.2) is 23.0 Å². The monoisotopic (exact) mass is 381 g/mol. The van der Waals surface area contributed by atoms with Gasteiger partial charge in [-0.2, -0.15) is 0 Å². The predicted molar refractivity (Wildman–Crippen MR) is 112 cm³/mol. The minimum Gasteiger partial charge on any atom is -0.493 e. The fraction of sp³-hybridized carbons (Fsp3) is 0.391. The average molecular weight is 381 g/mol. The molecule has 4 rings (SSSR count). The van der Waals surface area contributed by atoms with Crippen LogP contribution in [0.15, 0.2) is 30.3 Å². The number of methoxy groups -OCH3 is 4. The molecule has 0 aliphatic carbocycles. The van der Waals surface area contributed by atoms with Gasteiger partial charge in [0.1, 0.15) is 0 Å². The van der Waals surface area contributed by atoms with Gasteiger partial charge in [-0.15, -0.1) is 0 Å². The molecule has 1 atom stereocenters. The van der Waals surface area contributed by atoms with E-state index in [0.717, 1.165) is 51.8 Å². The summed E-state index contributed by atoms with van der Waals surface area (Å²) in [6.45, 7) is 1.10. The van der Waals surface area contributed by atoms with Crippen molar-refractivity contribution in [2.24, 2.45) is 0 Å². The Morgan fingerprint density at radius 3 is 2.18 bits per heavy atom. The lowest BCUT2D eigenvalue weighted by atomic mass is 9.92. The molecule has 3 aromatic rings. The number of benzene rings is 3. The van der Waals surface area contributed by atoms with Crippen molar-refractivity contribution in [2.45, 2.75) is 25.3 Å². The summed E-state index contributed by atoms with van der Waals surface area (Å²) >= 11 is 0. The van der Waals surface area contributed by atoms with Gasteiger partial charge in [0.2, 0.25) is 0 Å². The van der Waals surface area contributed by atoms with E-state index in [1.54, 1.807) is 28.4 Å². The molecule has 1 heterocycles. The number of rotatable bonds is 6. The van der Waals surface area contributed by atoms with E-state index in [2.05, 4.69) is 23.5 Å². The maximum absolute atomic E-state index is 5.75. The topological polar surface area (TPSA) is 49.0 Å². The van der Waals surface area contributed by atoms with Gasteiger partial charge in [0.25, 0.3) is 0 Å². The van der Waals surface area contributed by atoms with Crippen molar-refractivity contribution in [3.05, 3.63) is 35.9 Å². The van der Waals surface area contributed by atoms with Gasteiger partial charge in [0.05, 0.1) is 28.4 Å². The third-order valence-corrected chi connectivity index (χ3v) is 5.68. The van der Waals surface area contributed by atoms with E-state index in [9.17, 15) is 0 Å². The van der Waals surface area contributed by atoms with Crippen molar-refractivity contribution < 1.29 is 18.9 Å². The van der Waals surface area contributed by atoms with E-state index in [-0.39, 0.29) is 0 Å². The lowest BCUT2D eigenvalue weighted by molar-refractivity contribution is 0.355. The fourth-order valence-electron chi connectivity index (χ4n) is 4.32. The van der Waals surface area contributed by atoms with E-state index in [0.29, 0.717) is 11.8 Å². The van der Waals surface area contributed by atoms with E-state index in [1.807, 2.05) is 12.1 Å². The van der Waals surface area contributed by atoms with Crippen LogP contribution in [0, 0.1) is 0 Å². The smallest absolute Gasteiger partial charge is 0.169 e. The van der Waals surface area contributed by atoms with E-state index in [1.165, 1.54) is 18.4 Å². The zero-order valence-electron chi connectivity index (χ0n) is 16.9. The van der Waals surface area contributed by atoms with E-state index in [4.69, 9.17) is 18.9 Å². The molecular weight excluding hydrogens is 354 g/mol. The van der Waals surface area contributed by atoms with Crippen molar-refractivity contribution in [1.82, 2.24) is 5.32 Å². The third-order valence-electron chi connectivity index (χ3n) is 5.68. The van der Waals surface area contributed by atoms with Crippen molar-refractivity contribution in [3.63, 3.8) is 0 Å². The van der Waals surface area contributed by atoms with Crippen LogP contribution < -0.4 is 24.3 Å². The SMILES string of the molecule is COc1cc2c(CC3CCCN3)cc3ccc(OC)c(OC)c3c2cc1OC. The normalized spacial score (nSPS) is 16.5. The Kier molecular flexibility index (Phi) is 5.18. The molecular formula is C23H27NO4. The van der Waals surface area contributed by atoms with Crippen LogP contribution in [0.5, 0.6) is 23.0 Å². The predicted octanol–water partition coefficient (Wildman–Crippen LogP) is 4.32. The molecule has 0 bridgehead atoms. The Labute approximate surface area is 165 Å². The molecule has 28 heavy (non-hydrogen) atoms. The molecule has 1 unspecified atom stereocenters. The molecule has 1 N–H and O–H groups in total. The Bertz CT molecular complexity index is 1010. The number of fused-ring (bicyclic) bond motifs is 3. The molecule has 0 saturated carbocycles. The first-order chi connectivity index (χ1) is 13.7. The first-order valence-corrected chi connectivity index (χ1v) is 9.65. The van der Waals surface area contributed by atoms with Gasteiger partial charge in [-0.1, -0.05) is 12.1 Å². The summed E-state index contributed by atoms with van der Waals surface area (Å²) in [5.41, 5.74) is 1.30. The summed E-state index contributed by atoms with van der Waals surface area (Å²) in [5.74, 6) is 2.90. The van der Waals surface area contributed by atoms with Crippen LogP contribution >= 0.6 is 0 Å². The first kappa shape index (κ1) is 18.7. The highest BCUT2D eigenvalue weighted by Gasteiger charge is 2.20. The van der Waals surface area contributed by atoms with Crippen LogP contribution in [0.1, 0.15) is 18.4 Å². The largest absolute Gasteiger partial charge is 0.493 e. The Hall–Kier alpha value is -2.66. The Balaban J connectivity index is 2.05. The average Bonchev–Trinajstić information content (AvgIpc) is 3.24. The summed E-state index contributed by atoms with van der Waals surface area (Å²) in [5, 5.41) is 8.01. The molecule has 1 fully saturated rings. The minimum absolute atomic E-state index is 0.508. The van der Waals surface area contributed by atoms with E-state index < -0.39 is 0 Å². The molecule has 0 amide bonds. The molecule has 148 valence electrons. The molecule has 1 saturated heterocycles. The fourth-order valence-corrected chi connectivity index (χ4v) is 4.32. The van der Waals surface area contributed by atoms with Crippen molar-refractivity contribution >= 4 is 21.5 Å². The zero-order valence-corrected chi connectivity index (χ0v) is 16.9. The maximum Gasteiger partial charge on any atom is 0.169 e. The molecule has 5 nitrogen and oxygen atoms in total. The number of ether oxygens (including phenoxy) is 4. The van der Waals surface area contributed by atoms with Gasteiger partial charge in [-0.3, -0.25) is 0 Å². The molecule has 0 radical (unpaired) electrons. The number of hydrogen-bond acceptors (Lipinski definition) is 5. The summed E-state index contributed by atoms with van der Waals surface area (Å²) in [6.07, 6.45) is 3.42. The summed E-state index contributed by atoms with van der Waals surface area (Å²) in [4.78, 5) is 0. The van der Waals surface area contributed by atoms with Crippen LogP contribution in [-0.4, -0.2) is 41.0 Å². The molecule has 1 aliphatic rings. The quantitative estimate of drug-likeness (QED) is 0.645. The summed E-state index contributed by atoms with van der Waals surface area (Å²) in [7, 11) is 6.68. The molecule has 0 spiro atoms. The minimum atomic E-state index is 0.508. The van der Waals surface area contributed by atoms with Crippen LogP contribution in [-0.2, 0) is 6.42 Å². The van der Waals surface area contributed by atoms with Crippen LogP contribution in [0.25, 0.3) is 21.5 Å². The molecule has 1 aliphatic heterocycles. The lowest BCUT2D eigenvalue weighted by Crippen LogP contribution is -2.23. The highest BCUT2D eigenvalue weighted by molar-refractivity contribution is 6.13. The summed E-state index contributed by atoms with van der Waals surface area (Å²) < 4.78 is 22.5. The highest BCUT2D eigenvalue weighted by atomic mass is 16.5. The van der Waals surface area contributed by atoms with Crippen LogP contribution in [0.4, 0.5) is 0 Å². The number of hydrogen-bond donors (Lipinski definition) is 1. The Morgan fingerprint density at radius 1 is 0.857 bits per heavy atom. The maximum atomic E-state index is 5.75. The van der Waals surface area contributed by atoms with Gasteiger partial charge < -0.3 is 24.3 Å². The third kappa shape index (κ3) is 3.10. The molecule has 0 aromatic heterocycles. The zero-order chi connectivity index (χ0) is 19.7. The lowest BCUT2D eigenvalue weighted by Gasteiger charge is -2.19. The first-order valence-electron chi connectivity index (χ1n) is 9.65. The molecule has 3 aromatic carbocycles. The highest BCUT2D eigenvalue weighted by Crippen LogP contribution is 2.44. The van der Waals surface area contributed by atoms with Gasteiger partial charge >= 0.3 is 0 Å². The second-order valence-electron chi connectivity index (χ2n) is 7.19. The van der Waals surface area contributed by atoms with E-state index >= 15 is 0 Å². The Morgan fingerprint density at radius 2 is 1.57 bits per heavy atom.